The first kappa shape index (κ1) is 16.4. The highest BCUT2D eigenvalue weighted by atomic mass is 16.3. The summed E-state index contributed by atoms with van der Waals surface area (Å²) in [5.74, 6) is 0.254. The van der Waals surface area contributed by atoms with Gasteiger partial charge in [-0.25, -0.2) is 0 Å². The van der Waals surface area contributed by atoms with E-state index in [4.69, 9.17) is 0 Å². The molecule has 1 amide bonds. The molecule has 0 aromatic heterocycles. The molecular formula is C17H25NO2. The van der Waals surface area contributed by atoms with Crippen LogP contribution in [0, 0.1) is 5.92 Å². The van der Waals surface area contributed by atoms with Gasteiger partial charge in [-0.1, -0.05) is 32.1 Å². The molecule has 1 heterocycles. The largest absolute Gasteiger partial charge is 0.396 e. The first-order valence-corrected chi connectivity index (χ1v) is 7.12. The average Bonchev–Trinajstić information content (AvgIpc) is 2.45. The van der Waals surface area contributed by atoms with Crippen molar-refractivity contribution in [1.82, 2.24) is 4.90 Å². The van der Waals surface area contributed by atoms with Gasteiger partial charge in [-0.2, -0.15) is 0 Å². The van der Waals surface area contributed by atoms with Gasteiger partial charge in [-0.3, -0.25) is 9.69 Å². The molecule has 1 N–H and O–H groups in total. The lowest BCUT2D eigenvalue weighted by molar-refractivity contribution is -0.123. The summed E-state index contributed by atoms with van der Waals surface area (Å²) in [6.45, 7) is 12.1. The van der Waals surface area contributed by atoms with Crippen LogP contribution in [-0.2, 0) is 4.79 Å². The van der Waals surface area contributed by atoms with Crippen LogP contribution in [0.2, 0.25) is 0 Å². The van der Waals surface area contributed by atoms with E-state index in [-0.39, 0.29) is 12.5 Å². The van der Waals surface area contributed by atoms with Gasteiger partial charge in [0.1, 0.15) is 0 Å². The van der Waals surface area contributed by atoms with Crippen LogP contribution in [-0.4, -0.2) is 22.5 Å². The van der Waals surface area contributed by atoms with Crippen LogP contribution in [0.3, 0.4) is 0 Å². The van der Waals surface area contributed by atoms with Crippen LogP contribution in [0.25, 0.3) is 0 Å². The molecule has 1 rings (SSSR count). The van der Waals surface area contributed by atoms with Crippen LogP contribution < -0.4 is 0 Å². The van der Waals surface area contributed by atoms with Gasteiger partial charge < -0.3 is 5.11 Å². The maximum atomic E-state index is 12.7. The molecule has 0 fully saturated rings. The first-order chi connectivity index (χ1) is 9.43. The van der Waals surface area contributed by atoms with Gasteiger partial charge in [-0.15, -0.1) is 0 Å². The summed E-state index contributed by atoms with van der Waals surface area (Å²) in [6.07, 6.45) is 6.87. The second kappa shape index (κ2) is 7.25. The summed E-state index contributed by atoms with van der Waals surface area (Å²) in [4.78, 5) is 14.3. The third kappa shape index (κ3) is 3.48. The van der Waals surface area contributed by atoms with E-state index in [0.717, 1.165) is 17.6 Å². The summed E-state index contributed by atoms with van der Waals surface area (Å²) in [6, 6.07) is 0. The maximum Gasteiger partial charge on any atom is 0.258 e. The quantitative estimate of drug-likeness (QED) is 0.780. The van der Waals surface area contributed by atoms with E-state index < -0.39 is 0 Å². The SMILES string of the molecule is C=C1C(C)=CC=CN1C(=O)C(CCO)=C(C)C(C)CC. The average molecular weight is 275 g/mol. The number of nitrogens with zero attached hydrogens (tertiary/aromatic N) is 1. The topological polar surface area (TPSA) is 40.5 Å². The van der Waals surface area contributed by atoms with E-state index >= 15 is 0 Å². The molecule has 1 aliphatic rings. The van der Waals surface area contributed by atoms with E-state index in [2.05, 4.69) is 20.4 Å². The Hall–Kier alpha value is -1.61. The second-order valence-corrected chi connectivity index (χ2v) is 5.26. The Bertz CT molecular complexity index is 483. The molecule has 0 aromatic rings. The Morgan fingerprint density at radius 2 is 2.15 bits per heavy atom. The van der Waals surface area contributed by atoms with Crippen molar-refractivity contribution in [3.05, 3.63) is 47.3 Å². The molecule has 0 spiro atoms. The number of hydrogen-bond donors (Lipinski definition) is 1. The fourth-order valence-corrected chi connectivity index (χ4v) is 2.17. The van der Waals surface area contributed by atoms with Crippen molar-refractivity contribution in [3.8, 4) is 0 Å². The molecule has 1 atom stereocenters. The minimum absolute atomic E-state index is 0.0201. The van der Waals surface area contributed by atoms with Gasteiger partial charge in [0, 0.05) is 30.5 Å². The molecule has 0 aliphatic carbocycles. The zero-order valence-electron chi connectivity index (χ0n) is 12.9. The number of aliphatic hydroxyl groups excluding tert-OH is 1. The molecule has 3 nitrogen and oxygen atoms in total. The number of carbonyl (C=O) groups is 1. The Morgan fingerprint density at radius 1 is 1.50 bits per heavy atom. The normalized spacial score (nSPS) is 17.8. The minimum Gasteiger partial charge on any atom is -0.396 e. The fraction of sp³-hybridized carbons (Fsp3) is 0.471. The molecule has 0 radical (unpaired) electrons. The van der Waals surface area contributed by atoms with Crippen molar-refractivity contribution < 1.29 is 9.90 Å². The highest BCUT2D eigenvalue weighted by Gasteiger charge is 2.23. The Labute approximate surface area is 122 Å². The van der Waals surface area contributed by atoms with Crippen molar-refractivity contribution in [2.45, 2.75) is 40.5 Å². The van der Waals surface area contributed by atoms with Gasteiger partial charge in [-0.05, 0) is 37.8 Å². The van der Waals surface area contributed by atoms with Gasteiger partial charge in [0.05, 0.1) is 0 Å². The zero-order chi connectivity index (χ0) is 15.3. The fourth-order valence-electron chi connectivity index (χ4n) is 2.17. The van der Waals surface area contributed by atoms with Gasteiger partial charge in [0.15, 0.2) is 0 Å². The standard InChI is InChI=1S/C17H25NO2/c1-6-12(2)14(4)16(9-11-19)17(20)18-10-7-8-13(3)15(18)5/h7-8,10,12,19H,5-6,9,11H2,1-4H3. The summed E-state index contributed by atoms with van der Waals surface area (Å²) in [5, 5.41) is 9.25. The van der Waals surface area contributed by atoms with Crippen LogP contribution in [0.1, 0.15) is 40.5 Å². The van der Waals surface area contributed by atoms with Gasteiger partial charge in [0.25, 0.3) is 5.91 Å². The molecule has 3 heteroatoms. The summed E-state index contributed by atoms with van der Waals surface area (Å²) in [7, 11) is 0. The van der Waals surface area contributed by atoms with E-state index in [1.165, 1.54) is 0 Å². The highest BCUT2D eigenvalue weighted by molar-refractivity contribution is 5.96. The molecule has 0 aromatic carbocycles. The summed E-state index contributed by atoms with van der Waals surface area (Å²) in [5.41, 5.74) is 3.43. The summed E-state index contributed by atoms with van der Waals surface area (Å²) >= 11 is 0. The van der Waals surface area contributed by atoms with Crippen molar-refractivity contribution in [2.24, 2.45) is 5.92 Å². The molecule has 110 valence electrons. The monoisotopic (exact) mass is 275 g/mol. The summed E-state index contributed by atoms with van der Waals surface area (Å²) < 4.78 is 0. The Morgan fingerprint density at radius 3 is 2.70 bits per heavy atom. The number of amides is 1. The van der Waals surface area contributed by atoms with E-state index in [0.29, 0.717) is 23.6 Å². The third-order valence-corrected chi connectivity index (χ3v) is 3.99. The molecule has 20 heavy (non-hydrogen) atoms. The zero-order valence-corrected chi connectivity index (χ0v) is 12.9. The third-order valence-electron chi connectivity index (χ3n) is 3.99. The molecule has 0 bridgehead atoms. The number of hydrogen-bond acceptors (Lipinski definition) is 2. The van der Waals surface area contributed by atoms with Crippen LogP contribution >= 0.6 is 0 Å². The van der Waals surface area contributed by atoms with Crippen molar-refractivity contribution in [1.29, 1.82) is 0 Å². The first-order valence-electron chi connectivity index (χ1n) is 7.12. The van der Waals surface area contributed by atoms with E-state index in [1.54, 1.807) is 11.1 Å². The van der Waals surface area contributed by atoms with Crippen LogP contribution in [0.15, 0.2) is 47.3 Å². The molecule has 0 saturated carbocycles. The maximum absolute atomic E-state index is 12.7. The lowest BCUT2D eigenvalue weighted by atomic mass is 9.92. The number of allylic oxidation sites excluding steroid dienone is 4. The van der Waals surface area contributed by atoms with Gasteiger partial charge >= 0.3 is 0 Å². The van der Waals surface area contributed by atoms with Crippen molar-refractivity contribution in [3.63, 3.8) is 0 Å². The minimum atomic E-state index is -0.0782. The number of carbonyl (C=O) groups excluding carboxylic acids is 1. The number of rotatable bonds is 5. The Balaban J connectivity index is 3.11. The smallest absolute Gasteiger partial charge is 0.258 e. The predicted molar refractivity (Wildman–Crippen MR) is 82.7 cm³/mol. The number of aliphatic hydroxyl groups is 1. The van der Waals surface area contributed by atoms with Crippen LogP contribution in [0.4, 0.5) is 0 Å². The highest BCUT2D eigenvalue weighted by Crippen LogP contribution is 2.26. The Kier molecular flexibility index (Phi) is 5.96. The molecular weight excluding hydrogens is 250 g/mol. The second-order valence-electron chi connectivity index (χ2n) is 5.26. The van der Waals surface area contributed by atoms with E-state index in [1.807, 2.05) is 26.0 Å². The van der Waals surface area contributed by atoms with E-state index in [9.17, 15) is 9.90 Å². The van der Waals surface area contributed by atoms with Gasteiger partial charge in [0.2, 0.25) is 0 Å². The lowest BCUT2D eigenvalue weighted by Gasteiger charge is -2.26. The molecule has 1 unspecified atom stereocenters. The lowest BCUT2D eigenvalue weighted by Crippen LogP contribution is -2.29. The van der Waals surface area contributed by atoms with Crippen molar-refractivity contribution in [2.75, 3.05) is 6.61 Å². The predicted octanol–water partition coefficient (Wildman–Crippen LogP) is 3.55. The molecule has 0 saturated heterocycles. The molecule has 1 aliphatic heterocycles. The van der Waals surface area contributed by atoms with Crippen LogP contribution in [0.5, 0.6) is 0 Å². The van der Waals surface area contributed by atoms with Crippen molar-refractivity contribution >= 4 is 5.91 Å².